The number of hydrogen-bond acceptors (Lipinski definition) is 2. The highest BCUT2D eigenvalue weighted by Gasteiger charge is 2.15. The van der Waals surface area contributed by atoms with Crippen molar-refractivity contribution in [1.82, 2.24) is 0 Å². The first-order valence-electron chi connectivity index (χ1n) is 4.64. The summed E-state index contributed by atoms with van der Waals surface area (Å²) in [5.74, 6) is 0.419. The smallest absolute Gasteiger partial charge is 0.338 e. The van der Waals surface area contributed by atoms with Crippen molar-refractivity contribution in [2.45, 2.75) is 19.4 Å². The molecule has 0 aliphatic carbocycles. The Morgan fingerprint density at radius 3 is 2.62 bits per heavy atom. The van der Waals surface area contributed by atoms with E-state index in [1.54, 1.807) is 13.8 Å². The number of halogens is 1. The number of anilines is 1. The molecule has 0 aliphatic heterocycles. The third-order valence-electron chi connectivity index (χ3n) is 2.02. The van der Waals surface area contributed by atoms with Gasteiger partial charge >= 0.3 is 5.97 Å². The highest BCUT2D eigenvalue weighted by molar-refractivity contribution is 5.88. The van der Waals surface area contributed by atoms with Gasteiger partial charge in [-0.1, -0.05) is 5.92 Å². The molecular weight excluding hydrogens is 209 g/mol. The van der Waals surface area contributed by atoms with Crippen molar-refractivity contribution in [1.29, 1.82) is 0 Å². The second kappa shape index (κ2) is 4.23. The van der Waals surface area contributed by atoms with Gasteiger partial charge in [-0.2, -0.15) is 0 Å². The first-order chi connectivity index (χ1) is 7.35. The highest BCUT2D eigenvalue weighted by atomic mass is 19.1. The summed E-state index contributed by atoms with van der Waals surface area (Å²) in [5, 5.41) is 11.5. The fourth-order valence-corrected chi connectivity index (χ4v) is 1.16. The SMILES string of the molecule is C#CC(C)(C)Nc1ccc(C(=O)O)c(F)c1. The average molecular weight is 221 g/mol. The van der Waals surface area contributed by atoms with Crippen molar-refractivity contribution in [3.05, 3.63) is 29.6 Å². The van der Waals surface area contributed by atoms with Crippen LogP contribution < -0.4 is 5.32 Å². The molecule has 84 valence electrons. The zero-order valence-corrected chi connectivity index (χ0v) is 9.04. The fourth-order valence-electron chi connectivity index (χ4n) is 1.16. The Balaban J connectivity index is 2.99. The maximum absolute atomic E-state index is 13.3. The van der Waals surface area contributed by atoms with Gasteiger partial charge in [0.1, 0.15) is 5.82 Å². The van der Waals surface area contributed by atoms with Crippen molar-refractivity contribution in [2.75, 3.05) is 5.32 Å². The summed E-state index contributed by atoms with van der Waals surface area (Å²) < 4.78 is 13.3. The number of terminal acetylenes is 1. The van der Waals surface area contributed by atoms with Crippen LogP contribution in [-0.2, 0) is 0 Å². The Morgan fingerprint density at radius 2 is 2.19 bits per heavy atom. The number of hydrogen-bond donors (Lipinski definition) is 2. The topological polar surface area (TPSA) is 49.3 Å². The van der Waals surface area contributed by atoms with Crippen molar-refractivity contribution in [2.24, 2.45) is 0 Å². The molecule has 3 nitrogen and oxygen atoms in total. The van der Waals surface area contributed by atoms with E-state index in [-0.39, 0.29) is 5.56 Å². The van der Waals surface area contributed by atoms with Gasteiger partial charge in [0.05, 0.1) is 11.1 Å². The molecule has 0 saturated heterocycles. The zero-order valence-electron chi connectivity index (χ0n) is 9.04. The summed E-state index contributed by atoms with van der Waals surface area (Å²) in [7, 11) is 0. The molecule has 2 N–H and O–H groups in total. The minimum absolute atomic E-state index is 0.357. The van der Waals surface area contributed by atoms with Gasteiger partial charge in [0.25, 0.3) is 0 Å². The molecule has 0 atom stereocenters. The standard InChI is InChI=1S/C12H12FNO2/c1-4-12(2,3)14-8-5-6-9(11(15)16)10(13)7-8/h1,5-7,14H,2-3H3,(H,15,16). The second-order valence-electron chi connectivity index (χ2n) is 3.89. The van der Waals surface area contributed by atoms with E-state index in [4.69, 9.17) is 11.5 Å². The average Bonchev–Trinajstić information content (AvgIpc) is 2.16. The molecule has 1 rings (SSSR count). The zero-order chi connectivity index (χ0) is 12.3. The van der Waals surface area contributed by atoms with Gasteiger partial charge in [0, 0.05) is 5.69 Å². The van der Waals surface area contributed by atoms with Gasteiger partial charge in [-0.15, -0.1) is 6.42 Å². The molecule has 4 heteroatoms. The predicted molar refractivity (Wildman–Crippen MR) is 59.9 cm³/mol. The van der Waals surface area contributed by atoms with Crippen molar-refractivity contribution >= 4 is 11.7 Å². The first-order valence-corrected chi connectivity index (χ1v) is 4.64. The third-order valence-corrected chi connectivity index (χ3v) is 2.02. The molecule has 1 aromatic rings. The van der Waals surface area contributed by atoms with Gasteiger partial charge < -0.3 is 10.4 Å². The molecule has 0 aromatic heterocycles. The van der Waals surface area contributed by atoms with Crippen molar-refractivity contribution < 1.29 is 14.3 Å². The number of carboxylic acids is 1. The molecule has 0 fully saturated rings. The summed E-state index contributed by atoms with van der Waals surface area (Å²) in [5.41, 5.74) is -0.522. The minimum Gasteiger partial charge on any atom is -0.478 e. The van der Waals surface area contributed by atoms with Crippen LogP contribution in [0.2, 0.25) is 0 Å². The molecule has 0 heterocycles. The van der Waals surface area contributed by atoms with E-state index in [0.29, 0.717) is 5.69 Å². The third kappa shape index (κ3) is 2.74. The van der Waals surface area contributed by atoms with Crippen molar-refractivity contribution in [3.8, 4) is 12.3 Å². The van der Waals surface area contributed by atoms with Crippen LogP contribution in [0.5, 0.6) is 0 Å². The monoisotopic (exact) mass is 221 g/mol. The Bertz CT molecular complexity index is 461. The molecule has 0 saturated carbocycles. The van der Waals surface area contributed by atoms with Crippen LogP contribution >= 0.6 is 0 Å². The fraction of sp³-hybridized carbons (Fsp3) is 0.250. The quantitative estimate of drug-likeness (QED) is 0.770. The number of nitrogens with one attached hydrogen (secondary N) is 1. The lowest BCUT2D eigenvalue weighted by molar-refractivity contribution is 0.0692. The number of benzene rings is 1. The number of carbonyl (C=O) groups is 1. The highest BCUT2D eigenvalue weighted by Crippen LogP contribution is 2.18. The van der Waals surface area contributed by atoms with Crippen LogP contribution in [0.3, 0.4) is 0 Å². The van der Waals surface area contributed by atoms with Gasteiger partial charge in [-0.25, -0.2) is 9.18 Å². The lowest BCUT2D eigenvalue weighted by Crippen LogP contribution is -2.28. The molecule has 0 amide bonds. The molecule has 16 heavy (non-hydrogen) atoms. The Morgan fingerprint density at radius 1 is 1.56 bits per heavy atom. The van der Waals surface area contributed by atoms with E-state index in [0.717, 1.165) is 6.07 Å². The molecule has 1 aromatic carbocycles. The lowest BCUT2D eigenvalue weighted by atomic mass is 10.1. The van der Waals surface area contributed by atoms with Crippen molar-refractivity contribution in [3.63, 3.8) is 0 Å². The van der Waals surface area contributed by atoms with Crippen LogP contribution in [0.25, 0.3) is 0 Å². The second-order valence-corrected chi connectivity index (χ2v) is 3.89. The van der Waals surface area contributed by atoms with E-state index >= 15 is 0 Å². The van der Waals surface area contributed by atoms with E-state index in [2.05, 4.69) is 11.2 Å². The maximum atomic E-state index is 13.3. The van der Waals surface area contributed by atoms with E-state index in [1.165, 1.54) is 12.1 Å². The lowest BCUT2D eigenvalue weighted by Gasteiger charge is -2.21. The summed E-state index contributed by atoms with van der Waals surface area (Å²) in [6.45, 7) is 3.52. The first kappa shape index (κ1) is 12.1. The van der Waals surface area contributed by atoms with Crippen LogP contribution in [0.1, 0.15) is 24.2 Å². The number of rotatable bonds is 3. The van der Waals surface area contributed by atoms with Crippen LogP contribution in [0, 0.1) is 18.2 Å². The normalized spacial score (nSPS) is 10.6. The van der Waals surface area contributed by atoms with Gasteiger partial charge in [-0.3, -0.25) is 0 Å². The van der Waals surface area contributed by atoms with Gasteiger partial charge in [0.2, 0.25) is 0 Å². The van der Waals surface area contributed by atoms with Crippen LogP contribution in [0.15, 0.2) is 18.2 Å². The summed E-state index contributed by atoms with van der Waals surface area (Å²) in [6.07, 6.45) is 5.27. The van der Waals surface area contributed by atoms with Gasteiger partial charge in [0.15, 0.2) is 0 Å². The Kier molecular flexibility index (Phi) is 3.19. The van der Waals surface area contributed by atoms with E-state index < -0.39 is 17.3 Å². The molecular formula is C12H12FNO2. The Hall–Kier alpha value is -2.02. The molecule has 0 aliphatic rings. The number of carboxylic acid groups (broad SMARTS) is 1. The number of aromatic carboxylic acids is 1. The molecule has 0 bridgehead atoms. The van der Waals surface area contributed by atoms with Gasteiger partial charge in [-0.05, 0) is 32.0 Å². The Labute approximate surface area is 93.3 Å². The summed E-state index contributed by atoms with van der Waals surface area (Å²) >= 11 is 0. The summed E-state index contributed by atoms with van der Waals surface area (Å²) in [4.78, 5) is 10.6. The molecule has 0 spiro atoms. The largest absolute Gasteiger partial charge is 0.478 e. The predicted octanol–water partition coefficient (Wildman–Crippen LogP) is 2.35. The molecule has 0 unspecified atom stereocenters. The maximum Gasteiger partial charge on any atom is 0.338 e. The van der Waals surface area contributed by atoms with E-state index in [9.17, 15) is 9.18 Å². The minimum atomic E-state index is -1.29. The molecule has 0 radical (unpaired) electrons. The van der Waals surface area contributed by atoms with Crippen LogP contribution in [0.4, 0.5) is 10.1 Å². The van der Waals surface area contributed by atoms with E-state index in [1.807, 2.05) is 0 Å². The summed E-state index contributed by atoms with van der Waals surface area (Å²) in [6, 6.07) is 3.79. The van der Waals surface area contributed by atoms with Crippen LogP contribution in [-0.4, -0.2) is 16.6 Å².